The predicted molar refractivity (Wildman–Crippen MR) is 288 cm³/mol. The number of phosphoric ester groups is 1. The van der Waals surface area contributed by atoms with Crippen molar-refractivity contribution in [3.63, 3.8) is 0 Å². The number of aliphatic hydroxyl groups excluding tert-OH is 1. The first kappa shape index (κ1) is 65.5. The fourth-order valence-electron chi connectivity index (χ4n) is 8.39. The van der Waals surface area contributed by atoms with Crippen molar-refractivity contribution in [2.75, 3.05) is 40.9 Å². The van der Waals surface area contributed by atoms with Crippen LogP contribution in [0.25, 0.3) is 0 Å². The number of rotatable bonds is 52. The lowest BCUT2D eigenvalue weighted by atomic mass is 10.0. The van der Waals surface area contributed by atoms with Crippen molar-refractivity contribution in [1.82, 2.24) is 5.32 Å². The molecule has 0 fully saturated rings. The van der Waals surface area contributed by atoms with E-state index in [9.17, 15) is 19.4 Å². The molecular weight excluding hydrogens is 852 g/mol. The molecule has 0 rings (SSSR count). The van der Waals surface area contributed by atoms with Gasteiger partial charge in [-0.3, -0.25) is 9.36 Å². The quantitative estimate of drug-likeness (QED) is 0.0272. The second kappa shape index (κ2) is 49.4. The molecule has 0 heterocycles. The summed E-state index contributed by atoms with van der Waals surface area (Å²) in [7, 11) is 1.29. The van der Waals surface area contributed by atoms with E-state index in [1.165, 1.54) is 161 Å². The molecule has 3 atom stereocenters. The van der Waals surface area contributed by atoms with Crippen molar-refractivity contribution >= 4 is 13.7 Å². The van der Waals surface area contributed by atoms with Gasteiger partial charge in [0.15, 0.2) is 0 Å². The molecule has 8 nitrogen and oxygen atoms in total. The summed E-state index contributed by atoms with van der Waals surface area (Å²) < 4.78 is 23.4. The zero-order valence-electron chi connectivity index (χ0n) is 44.9. The summed E-state index contributed by atoms with van der Waals surface area (Å²) in [5.74, 6) is -0.186. The lowest BCUT2D eigenvalue weighted by Gasteiger charge is -2.30. The lowest BCUT2D eigenvalue weighted by Crippen LogP contribution is -2.46. The summed E-state index contributed by atoms with van der Waals surface area (Å²) in [4.78, 5) is 25.5. The SMILES string of the molecule is CC/C=C\C/C=C\C/C=C\C/C=C\CCCCCCC(=O)NC(COP(=O)([O-])OCC[N+](C)(C)C)C(O)CCCCCCCCCCCCCCCCCCCCCCCCCCCCCC. The van der Waals surface area contributed by atoms with Gasteiger partial charge in [0.25, 0.3) is 7.82 Å². The van der Waals surface area contributed by atoms with Crippen molar-refractivity contribution in [3.05, 3.63) is 48.6 Å². The fourth-order valence-corrected chi connectivity index (χ4v) is 9.11. The van der Waals surface area contributed by atoms with Gasteiger partial charge in [-0.25, -0.2) is 0 Å². The summed E-state index contributed by atoms with van der Waals surface area (Å²) in [5.41, 5.74) is 0. The highest BCUT2D eigenvalue weighted by Gasteiger charge is 2.24. The minimum absolute atomic E-state index is 0.00573. The first-order valence-corrected chi connectivity index (χ1v) is 29.9. The number of aliphatic hydroxyl groups is 1. The monoisotopic (exact) mass is 963 g/mol. The van der Waals surface area contributed by atoms with E-state index < -0.39 is 20.0 Å². The first-order valence-electron chi connectivity index (χ1n) is 28.5. The van der Waals surface area contributed by atoms with E-state index >= 15 is 0 Å². The third-order valence-electron chi connectivity index (χ3n) is 12.8. The topological polar surface area (TPSA) is 108 Å². The Morgan fingerprint density at radius 2 is 0.910 bits per heavy atom. The van der Waals surface area contributed by atoms with E-state index in [-0.39, 0.29) is 19.1 Å². The number of phosphoric acid groups is 1. The molecule has 0 aliphatic rings. The van der Waals surface area contributed by atoms with Crippen LogP contribution in [0.3, 0.4) is 0 Å². The van der Waals surface area contributed by atoms with E-state index in [4.69, 9.17) is 9.05 Å². The summed E-state index contributed by atoms with van der Waals surface area (Å²) in [6, 6.07) is -0.816. The molecule has 0 saturated carbocycles. The average molecular weight is 964 g/mol. The molecule has 0 aromatic heterocycles. The molecule has 67 heavy (non-hydrogen) atoms. The molecule has 0 aromatic carbocycles. The second-order valence-corrected chi connectivity index (χ2v) is 22.0. The Bertz CT molecular complexity index is 1230. The number of carbonyl (C=O) groups excluding carboxylic acids is 1. The minimum atomic E-state index is -4.58. The Labute approximate surface area is 416 Å². The maximum Gasteiger partial charge on any atom is 0.268 e. The number of unbranched alkanes of at least 4 members (excludes halogenated alkanes) is 31. The Hall–Kier alpha value is -1.54. The van der Waals surface area contributed by atoms with Crippen LogP contribution in [0.1, 0.15) is 264 Å². The normalized spacial score (nSPS) is 14.3. The molecular formula is C58H111N2O6P. The van der Waals surface area contributed by atoms with E-state index in [0.717, 1.165) is 77.0 Å². The highest BCUT2D eigenvalue weighted by atomic mass is 31.2. The molecule has 394 valence electrons. The molecule has 0 spiro atoms. The Balaban J connectivity index is 4.14. The van der Waals surface area contributed by atoms with Gasteiger partial charge >= 0.3 is 0 Å². The van der Waals surface area contributed by atoms with Crippen LogP contribution in [0, 0.1) is 0 Å². The maximum atomic E-state index is 12.9. The highest BCUT2D eigenvalue weighted by Crippen LogP contribution is 2.38. The fraction of sp³-hybridized carbons (Fsp3) is 0.845. The smallest absolute Gasteiger partial charge is 0.268 e. The van der Waals surface area contributed by atoms with Crippen LogP contribution in [0.4, 0.5) is 0 Å². The number of likely N-dealkylation sites (N-methyl/N-ethyl adjacent to an activating group) is 1. The van der Waals surface area contributed by atoms with Crippen LogP contribution < -0.4 is 10.2 Å². The van der Waals surface area contributed by atoms with Crippen LogP contribution in [0.2, 0.25) is 0 Å². The first-order chi connectivity index (χ1) is 32.5. The number of nitrogens with zero attached hydrogens (tertiary/aromatic N) is 1. The average Bonchev–Trinajstić information content (AvgIpc) is 3.29. The largest absolute Gasteiger partial charge is 0.756 e. The second-order valence-electron chi connectivity index (χ2n) is 20.6. The molecule has 0 aliphatic carbocycles. The highest BCUT2D eigenvalue weighted by molar-refractivity contribution is 7.45. The summed E-state index contributed by atoms with van der Waals surface area (Å²) in [5, 5.41) is 14.0. The maximum absolute atomic E-state index is 12.9. The zero-order chi connectivity index (χ0) is 49.2. The number of nitrogens with one attached hydrogen (secondary N) is 1. The third-order valence-corrected chi connectivity index (χ3v) is 13.8. The van der Waals surface area contributed by atoms with Gasteiger partial charge in [-0.15, -0.1) is 0 Å². The predicted octanol–water partition coefficient (Wildman–Crippen LogP) is 16.5. The van der Waals surface area contributed by atoms with Gasteiger partial charge in [-0.05, 0) is 51.4 Å². The number of hydrogen-bond donors (Lipinski definition) is 2. The molecule has 9 heteroatoms. The van der Waals surface area contributed by atoms with Crippen LogP contribution in [-0.4, -0.2) is 68.5 Å². The van der Waals surface area contributed by atoms with Crippen molar-refractivity contribution in [2.45, 2.75) is 276 Å². The number of quaternary nitrogens is 1. The standard InChI is InChI=1S/C58H111N2O6P/c1-6-8-10-12-14-16-18-20-22-24-25-26-27-28-29-30-31-32-33-34-36-37-39-41-43-45-47-49-51-57(61)56(55-66-67(63,64)65-54-53-60(3,4)5)59-58(62)52-50-48-46-44-42-40-38-35-23-21-19-17-15-13-11-9-7-2/h9,11,15,17,21,23,38,40,56-57,61H,6-8,10,12-14,16,18-20,22,24-37,39,41-55H2,1-5H3,(H-,59,62,63,64)/b11-9-,17-15-,23-21-,40-38-. The molecule has 2 N–H and O–H groups in total. The summed E-state index contributed by atoms with van der Waals surface area (Å²) in [6.07, 6.45) is 64.4. The van der Waals surface area contributed by atoms with Crippen LogP contribution in [0.15, 0.2) is 48.6 Å². The molecule has 0 aliphatic heterocycles. The van der Waals surface area contributed by atoms with Gasteiger partial charge in [0, 0.05) is 6.42 Å². The van der Waals surface area contributed by atoms with Crippen molar-refractivity contribution in [3.8, 4) is 0 Å². The minimum Gasteiger partial charge on any atom is -0.756 e. The molecule has 0 aromatic rings. The van der Waals surface area contributed by atoms with Crippen molar-refractivity contribution < 1.29 is 32.9 Å². The molecule has 0 saturated heterocycles. The number of carbonyl (C=O) groups is 1. The Kier molecular flexibility index (Phi) is 48.3. The van der Waals surface area contributed by atoms with E-state index in [1.807, 2.05) is 21.1 Å². The molecule has 3 unspecified atom stereocenters. The van der Waals surface area contributed by atoms with Crippen molar-refractivity contribution in [1.29, 1.82) is 0 Å². The van der Waals surface area contributed by atoms with Crippen molar-refractivity contribution in [2.24, 2.45) is 0 Å². The van der Waals surface area contributed by atoms with Gasteiger partial charge < -0.3 is 28.8 Å². The summed E-state index contributed by atoms with van der Waals surface area (Å²) in [6.45, 7) is 4.61. The Morgan fingerprint density at radius 1 is 0.537 bits per heavy atom. The third kappa shape index (κ3) is 52.1. The van der Waals surface area contributed by atoms with Gasteiger partial charge in [0.1, 0.15) is 13.2 Å². The van der Waals surface area contributed by atoms with Crippen LogP contribution in [0.5, 0.6) is 0 Å². The number of hydrogen-bond acceptors (Lipinski definition) is 6. The van der Waals surface area contributed by atoms with Gasteiger partial charge in [-0.1, -0.05) is 255 Å². The van der Waals surface area contributed by atoms with Crippen LogP contribution >= 0.6 is 7.82 Å². The van der Waals surface area contributed by atoms with Gasteiger partial charge in [-0.2, -0.15) is 0 Å². The summed E-state index contributed by atoms with van der Waals surface area (Å²) >= 11 is 0. The van der Waals surface area contributed by atoms with Gasteiger partial charge in [0.05, 0.1) is 39.9 Å². The molecule has 0 radical (unpaired) electrons. The molecule has 1 amide bonds. The van der Waals surface area contributed by atoms with E-state index in [2.05, 4.69) is 67.8 Å². The number of amides is 1. The molecule has 0 bridgehead atoms. The lowest BCUT2D eigenvalue weighted by molar-refractivity contribution is -0.870. The van der Waals surface area contributed by atoms with Gasteiger partial charge in [0.2, 0.25) is 5.91 Å². The Morgan fingerprint density at radius 3 is 1.33 bits per heavy atom. The van der Waals surface area contributed by atoms with E-state index in [1.54, 1.807) is 0 Å². The number of allylic oxidation sites excluding steroid dienone is 8. The van der Waals surface area contributed by atoms with Crippen LogP contribution in [-0.2, 0) is 18.4 Å². The van der Waals surface area contributed by atoms with E-state index in [0.29, 0.717) is 23.9 Å². The zero-order valence-corrected chi connectivity index (χ0v) is 45.7.